The molecule has 1 aliphatic heterocycles. The monoisotopic (exact) mass is 444 g/mol. The number of pyridine rings is 1. The molecule has 2 aromatic heterocycles. The smallest absolute Gasteiger partial charge is 0.349 e. The number of ether oxygens (including phenoxy) is 1. The maximum atomic E-state index is 12.3. The Hall–Kier alpha value is -2.37. The van der Waals surface area contributed by atoms with Crippen LogP contribution in [0.3, 0.4) is 0 Å². The van der Waals surface area contributed by atoms with E-state index in [4.69, 9.17) is 16.2 Å². The van der Waals surface area contributed by atoms with Crippen molar-refractivity contribution in [1.29, 1.82) is 0 Å². The highest BCUT2D eigenvalue weighted by atomic mass is 16.5. The van der Waals surface area contributed by atoms with Gasteiger partial charge in [0.25, 0.3) is 0 Å². The van der Waals surface area contributed by atoms with Crippen LogP contribution in [-0.2, 0) is 17.8 Å². The molecule has 0 amide bonds. The number of likely N-dealkylation sites (tertiary alicyclic amines) is 1. The minimum atomic E-state index is -0.316. The van der Waals surface area contributed by atoms with Gasteiger partial charge in [-0.1, -0.05) is 0 Å². The van der Waals surface area contributed by atoms with Crippen LogP contribution >= 0.6 is 0 Å². The number of aromatic nitrogens is 3. The van der Waals surface area contributed by atoms with Gasteiger partial charge in [0.1, 0.15) is 11.6 Å². The molecule has 1 aliphatic rings. The third kappa shape index (κ3) is 8.29. The lowest BCUT2D eigenvalue weighted by molar-refractivity contribution is 0.0886. The molecule has 2 aromatic rings. The van der Waals surface area contributed by atoms with E-state index in [1.807, 2.05) is 12.1 Å². The van der Waals surface area contributed by atoms with E-state index < -0.39 is 0 Å². The Morgan fingerprint density at radius 2 is 1.97 bits per heavy atom. The number of hydrogen-bond acceptors (Lipinski definition) is 9. The molecule has 0 atom stereocenters. The molecule has 0 aromatic carbocycles. The van der Waals surface area contributed by atoms with Crippen molar-refractivity contribution in [2.75, 3.05) is 51.3 Å². The Kier molecular flexibility index (Phi) is 10.0. The van der Waals surface area contributed by atoms with Crippen molar-refractivity contribution in [3.63, 3.8) is 0 Å². The first-order chi connectivity index (χ1) is 15.6. The standard InChI is InChI=1S/C22H36N8O2/c23-6-1-7-25-17-18-2-8-26-21(16-18)27-20-5-11-30(22(31)28-20)13-15-32-14-12-29-9-3-19(24)4-10-29/h2,5,8,11,16,19,25H,1,3-4,6-7,9-10,12-15,17,23-24H2,(H,26,27,28,31). The number of anilines is 2. The Labute approximate surface area is 189 Å². The van der Waals surface area contributed by atoms with Gasteiger partial charge in [0.15, 0.2) is 0 Å². The number of nitrogens with one attached hydrogen (secondary N) is 2. The fraction of sp³-hybridized carbons (Fsp3) is 0.591. The first kappa shape index (κ1) is 24.3. The van der Waals surface area contributed by atoms with Crippen molar-refractivity contribution in [2.24, 2.45) is 11.5 Å². The Morgan fingerprint density at radius 1 is 1.16 bits per heavy atom. The predicted octanol–water partition coefficient (Wildman–Crippen LogP) is 0.260. The molecule has 32 heavy (non-hydrogen) atoms. The molecule has 0 saturated carbocycles. The van der Waals surface area contributed by atoms with Crippen LogP contribution in [0.2, 0.25) is 0 Å². The Bertz CT molecular complexity index is 867. The highest BCUT2D eigenvalue weighted by Gasteiger charge is 2.15. The van der Waals surface area contributed by atoms with Gasteiger partial charge in [-0.2, -0.15) is 4.98 Å². The minimum Gasteiger partial charge on any atom is -0.378 e. The van der Waals surface area contributed by atoms with Gasteiger partial charge >= 0.3 is 5.69 Å². The van der Waals surface area contributed by atoms with E-state index in [2.05, 4.69) is 25.5 Å². The van der Waals surface area contributed by atoms with Crippen molar-refractivity contribution in [3.05, 3.63) is 46.6 Å². The van der Waals surface area contributed by atoms with Crippen molar-refractivity contribution in [2.45, 2.75) is 38.4 Å². The van der Waals surface area contributed by atoms with E-state index in [1.54, 1.807) is 23.0 Å². The topological polar surface area (TPSA) is 136 Å². The van der Waals surface area contributed by atoms with Crippen LogP contribution in [0.15, 0.2) is 35.4 Å². The Morgan fingerprint density at radius 3 is 2.75 bits per heavy atom. The van der Waals surface area contributed by atoms with Gasteiger partial charge < -0.3 is 31.7 Å². The predicted molar refractivity (Wildman–Crippen MR) is 126 cm³/mol. The zero-order chi connectivity index (χ0) is 22.6. The minimum absolute atomic E-state index is 0.316. The summed E-state index contributed by atoms with van der Waals surface area (Å²) in [7, 11) is 0. The van der Waals surface area contributed by atoms with Crippen LogP contribution in [0.1, 0.15) is 24.8 Å². The average Bonchev–Trinajstić information content (AvgIpc) is 2.79. The maximum Gasteiger partial charge on any atom is 0.349 e. The molecular formula is C22H36N8O2. The number of rotatable bonds is 13. The third-order valence-electron chi connectivity index (χ3n) is 5.50. The lowest BCUT2D eigenvalue weighted by atomic mass is 10.1. The zero-order valence-corrected chi connectivity index (χ0v) is 18.7. The quantitative estimate of drug-likeness (QED) is 0.321. The summed E-state index contributed by atoms with van der Waals surface area (Å²) in [4.78, 5) is 23.1. The highest BCUT2D eigenvalue weighted by molar-refractivity contribution is 5.51. The summed E-state index contributed by atoms with van der Waals surface area (Å²) in [5.74, 6) is 1.12. The first-order valence-electron chi connectivity index (χ1n) is 11.4. The average molecular weight is 445 g/mol. The van der Waals surface area contributed by atoms with Gasteiger partial charge in [-0.15, -0.1) is 0 Å². The van der Waals surface area contributed by atoms with E-state index >= 15 is 0 Å². The molecule has 3 rings (SSSR count). The lowest BCUT2D eigenvalue weighted by Crippen LogP contribution is -2.41. The summed E-state index contributed by atoms with van der Waals surface area (Å²) >= 11 is 0. The van der Waals surface area contributed by atoms with Crippen LogP contribution in [0.5, 0.6) is 0 Å². The normalized spacial score (nSPS) is 15.2. The van der Waals surface area contributed by atoms with Gasteiger partial charge in [0.05, 0.1) is 19.8 Å². The summed E-state index contributed by atoms with van der Waals surface area (Å²) in [6.45, 7) is 6.85. The second kappa shape index (κ2) is 13.2. The summed E-state index contributed by atoms with van der Waals surface area (Å²) in [5.41, 5.74) is 12.2. The number of nitrogens with two attached hydrogens (primary N) is 2. The fourth-order valence-corrected chi connectivity index (χ4v) is 3.55. The summed E-state index contributed by atoms with van der Waals surface area (Å²) in [5, 5.41) is 6.44. The summed E-state index contributed by atoms with van der Waals surface area (Å²) in [6.07, 6.45) is 6.50. The molecule has 6 N–H and O–H groups in total. The van der Waals surface area contributed by atoms with E-state index in [9.17, 15) is 4.79 Å². The molecule has 0 unspecified atom stereocenters. The molecule has 10 nitrogen and oxygen atoms in total. The number of nitrogens with zero attached hydrogens (tertiary/aromatic N) is 4. The van der Waals surface area contributed by atoms with Gasteiger partial charge in [-0.3, -0.25) is 4.57 Å². The summed E-state index contributed by atoms with van der Waals surface area (Å²) < 4.78 is 7.26. The van der Waals surface area contributed by atoms with Crippen LogP contribution in [0.25, 0.3) is 0 Å². The second-order valence-electron chi connectivity index (χ2n) is 8.07. The molecule has 10 heteroatoms. The molecule has 1 fully saturated rings. The van der Waals surface area contributed by atoms with Crippen molar-refractivity contribution in [3.8, 4) is 0 Å². The maximum absolute atomic E-state index is 12.3. The molecule has 0 aliphatic carbocycles. The molecule has 1 saturated heterocycles. The third-order valence-corrected chi connectivity index (χ3v) is 5.50. The molecule has 0 radical (unpaired) electrons. The number of piperidine rings is 1. The van der Waals surface area contributed by atoms with Gasteiger partial charge in [-0.25, -0.2) is 9.78 Å². The van der Waals surface area contributed by atoms with Crippen LogP contribution in [0.4, 0.5) is 11.6 Å². The molecular weight excluding hydrogens is 408 g/mol. The fourth-order valence-electron chi connectivity index (χ4n) is 3.55. The van der Waals surface area contributed by atoms with Crippen molar-refractivity contribution >= 4 is 11.6 Å². The highest BCUT2D eigenvalue weighted by Crippen LogP contribution is 2.12. The molecule has 3 heterocycles. The van der Waals surface area contributed by atoms with Gasteiger partial charge in [-0.05, 0) is 69.2 Å². The van der Waals surface area contributed by atoms with E-state index in [-0.39, 0.29) is 5.69 Å². The van der Waals surface area contributed by atoms with Crippen LogP contribution in [-0.4, -0.2) is 71.4 Å². The largest absolute Gasteiger partial charge is 0.378 e. The van der Waals surface area contributed by atoms with E-state index in [0.717, 1.165) is 57.5 Å². The molecule has 176 valence electrons. The second-order valence-corrected chi connectivity index (χ2v) is 8.07. The van der Waals surface area contributed by atoms with Crippen molar-refractivity contribution in [1.82, 2.24) is 24.8 Å². The summed E-state index contributed by atoms with van der Waals surface area (Å²) in [6, 6.07) is 6.00. The van der Waals surface area contributed by atoms with Gasteiger partial charge in [0.2, 0.25) is 0 Å². The first-order valence-corrected chi connectivity index (χ1v) is 11.4. The van der Waals surface area contributed by atoms with Crippen molar-refractivity contribution < 1.29 is 4.74 Å². The Balaban J connectivity index is 1.40. The van der Waals surface area contributed by atoms with Gasteiger partial charge in [0, 0.05) is 31.5 Å². The molecule has 0 spiro atoms. The molecule has 0 bridgehead atoms. The van der Waals surface area contributed by atoms with E-state index in [1.165, 1.54) is 0 Å². The van der Waals surface area contributed by atoms with Crippen LogP contribution < -0.4 is 27.8 Å². The number of hydrogen-bond donors (Lipinski definition) is 4. The van der Waals surface area contributed by atoms with E-state index in [0.29, 0.717) is 44.0 Å². The zero-order valence-electron chi connectivity index (χ0n) is 18.7. The van der Waals surface area contributed by atoms with Crippen LogP contribution in [0, 0.1) is 0 Å². The lowest BCUT2D eigenvalue weighted by Gasteiger charge is -2.29. The SMILES string of the molecule is NCCCNCc1ccnc(Nc2ccn(CCOCCN3CCC(N)CC3)c(=O)n2)c1.